The Kier molecular flexibility index (Phi) is 4.90. The lowest BCUT2D eigenvalue weighted by molar-refractivity contribution is 0.991. The lowest BCUT2D eigenvalue weighted by Crippen LogP contribution is -1.86. The second kappa shape index (κ2) is 7.06. The van der Waals surface area contributed by atoms with Crippen LogP contribution in [0.5, 0.6) is 0 Å². The van der Waals surface area contributed by atoms with Crippen molar-refractivity contribution in [2.24, 2.45) is 0 Å². The summed E-state index contributed by atoms with van der Waals surface area (Å²) in [6, 6.07) is 17.7. The summed E-state index contributed by atoms with van der Waals surface area (Å²) in [6.07, 6.45) is 1.78. The lowest BCUT2D eigenvalue weighted by atomic mass is 10.5. The average Bonchev–Trinajstić information content (AvgIpc) is 2.49. The number of aromatic nitrogens is 3. The van der Waals surface area contributed by atoms with Gasteiger partial charge in [0.05, 0.1) is 0 Å². The number of halogens is 1. The molecule has 3 aromatic rings. The van der Waals surface area contributed by atoms with Crippen LogP contribution in [0.2, 0.25) is 0 Å². The van der Waals surface area contributed by atoms with E-state index in [0.717, 1.165) is 24.7 Å². The van der Waals surface area contributed by atoms with E-state index in [9.17, 15) is 0 Å². The van der Waals surface area contributed by atoms with Crippen LogP contribution in [-0.4, -0.2) is 15.0 Å². The van der Waals surface area contributed by atoms with E-state index < -0.39 is 0 Å². The predicted octanol–water partition coefficient (Wildman–Crippen LogP) is 4.94. The quantitative estimate of drug-likeness (QED) is 0.604. The summed E-state index contributed by atoms with van der Waals surface area (Å²) in [6.45, 7) is 0. The predicted molar refractivity (Wildman–Crippen MR) is 88.7 cm³/mol. The van der Waals surface area contributed by atoms with Crippen LogP contribution in [0.3, 0.4) is 0 Å². The molecule has 0 aliphatic carbocycles. The zero-order valence-corrected chi connectivity index (χ0v) is 14.0. The van der Waals surface area contributed by atoms with Gasteiger partial charge in [-0.1, -0.05) is 41.7 Å². The molecule has 0 fully saturated rings. The molecule has 3 nitrogen and oxygen atoms in total. The zero-order valence-electron chi connectivity index (χ0n) is 10.8. The molecular weight excluding hydrogens is 366 g/mol. The maximum atomic E-state index is 4.62. The van der Waals surface area contributed by atoms with Crippen LogP contribution < -0.4 is 0 Å². The summed E-state index contributed by atoms with van der Waals surface area (Å²) in [4.78, 5) is 13.3. The Morgan fingerprint density at radius 2 is 1.29 bits per heavy atom. The van der Waals surface area contributed by atoms with Gasteiger partial charge in [-0.05, 0) is 52.3 Å². The minimum Gasteiger partial charge on any atom is -0.250 e. The first-order valence-corrected chi connectivity index (χ1v) is 8.58. The molecule has 0 aromatic carbocycles. The van der Waals surface area contributed by atoms with Crippen LogP contribution in [-0.2, 0) is 0 Å². The molecule has 3 aromatic heterocycles. The molecule has 0 amide bonds. The molecule has 104 valence electrons. The molecule has 6 heteroatoms. The third-order valence-electron chi connectivity index (χ3n) is 2.44. The Morgan fingerprint density at radius 3 is 1.95 bits per heavy atom. The summed E-state index contributed by atoms with van der Waals surface area (Å²) >= 11 is 6.47. The van der Waals surface area contributed by atoms with Gasteiger partial charge in [-0.3, -0.25) is 0 Å². The third-order valence-corrected chi connectivity index (χ3v) is 4.65. The summed E-state index contributed by atoms with van der Waals surface area (Å²) in [5.41, 5.74) is 0. The number of hydrogen-bond donors (Lipinski definition) is 0. The molecule has 3 rings (SSSR count). The van der Waals surface area contributed by atoms with Crippen molar-refractivity contribution < 1.29 is 0 Å². The normalized spacial score (nSPS) is 10.5. The molecule has 0 saturated carbocycles. The van der Waals surface area contributed by atoms with E-state index in [1.54, 1.807) is 29.7 Å². The van der Waals surface area contributed by atoms with Crippen molar-refractivity contribution in [3.05, 3.63) is 65.4 Å². The molecule has 3 heterocycles. The second-order valence-corrected chi connectivity index (χ2v) is 6.88. The highest BCUT2D eigenvalue weighted by Crippen LogP contribution is 2.29. The second-order valence-electron chi connectivity index (χ2n) is 3.98. The minimum atomic E-state index is 0.825. The van der Waals surface area contributed by atoms with Crippen LogP contribution in [0.1, 0.15) is 0 Å². The molecule has 21 heavy (non-hydrogen) atoms. The van der Waals surface area contributed by atoms with Crippen molar-refractivity contribution in [2.45, 2.75) is 20.1 Å². The van der Waals surface area contributed by atoms with E-state index in [4.69, 9.17) is 0 Å². The largest absolute Gasteiger partial charge is 0.250 e. The van der Waals surface area contributed by atoms with Crippen molar-refractivity contribution in [2.75, 3.05) is 0 Å². The van der Waals surface area contributed by atoms with Crippen molar-refractivity contribution in [3.63, 3.8) is 0 Å². The van der Waals surface area contributed by atoms with Crippen molar-refractivity contribution in [1.29, 1.82) is 0 Å². The number of hydrogen-bond acceptors (Lipinski definition) is 5. The van der Waals surface area contributed by atoms with Gasteiger partial charge in [-0.15, -0.1) is 0 Å². The summed E-state index contributed by atoms with van der Waals surface area (Å²) in [5, 5.41) is 3.69. The van der Waals surface area contributed by atoms with Crippen LogP contribution in [0.4, 0.5) is 0 Å². The molecule has 0 N–H and O–H groups in total. The van der Waals surface area contributed by atoms with Gasteiger partial charge in [0.25, 0.3) is 0 Å². The van der Waals surface area contributed by atoms with Crippen LogP contribution in [0, 0.1) is 0 Å². The first kappa shape index (κ1) is 14.6. The van der Waals surface area contributed by atoms with Gasteiger partial charge < -0.3 is 0 Å². The zero-order chi connectivity index (χ0) is 14.5. The molecule has 0 bridgehead atoms. The minimum absolute atomic E-state index is 0.825. The van der Waals surface area contributed by atoms with Crippen LogP contribution in [0.15, 0.2) is 85.5 Å². The van der Waals surface area contributed by atoms with Gasteiger partial charge in [0.1, 0.15) is 24.7 Å². The number of rotatable bonds is 4. The van der Waals surface area contributed by atoms with E-state index in [1.165, 1.54) is 0 Å². The van der Waals surface area contributed by atoms with Gasteiger partial charge in [0, 0.05) is 6.20 Å². The first-order chi connectivity index (χ1) is 10.3. The fourth-order valence-corrected chi connectivity index (χ4v) is 3.66. The van der Waals surface area contributed by atoms with Gasteiger partial charge in [0.15, 0.2) is 0 Å². The molecular formula is C15H10BrN3S2. The highest BCUT2D eigenvalue weighted by atomic mass is 79.9. The molecule has 0 spiro atoms. The van der Waals surface area contributed by atoms with E-state index in [-0.39, 0.29) is 0 Å². The topological polar surface area (TPSA) is 38.7 Å². The molecule has 0 saturated heterocycles. The monoisotopic (exact) mass is 375 g/mol. The lowest BCUT2D eigenvalue weighted by Gasteiger charge is -2.03. The third kappa shape index (κ3) is 4.30. The Bertz CT molecular complexity index is 738. The van der Waals surface area contributed by atoms with Crippen LogP contribution in [0.25, 0.3) is 0 Å². The average molecular weight is 376 g/mol. The summed E-state index contributed by atoms with van der Waals surface area (Å²) in [5.74, 6) is 0. The van der Waals surface area contributed by atoms with E-state index in [2.05, 4.69) is 30.9 Å². The SMILES string of the molecule is Brc1cccc(Sc2cccc(Sc3ccccn3)n2)n1. The molecule has 0 aliphatic rings. The Labute approximate surface area is 139 Å². The molecule has 0 atom stereocenters. The summed E-state index contributed by atoms with van der Waals surface area (Å²) < 4.78 is 0.825. The van der Waals surface area contributed by atoms with Gasteiger partial charge in [-0.25, -0.2) is 15.0 Å². The van der Waals surface area contributed by atoms with Crippen molar-refractivity contribution in [3.8, 4) is 0 Å². The number of pyridine rings is 3. The van der Waals surface area contributed by atoms with E-state index in [0.29, 0.717) is 0 Å². The molecule has 0 radical (unpaired) electrons. The Hall–Kier alpha value is -1.37. The molecule has 0 aliphatic heterocycles. The maximum Gasteiger partial charge on any atom is 0.107 e. The maximum absolute atomic E-state index is 4.62. The van der Waals surface area contributed by atoms with Gasteiger partial charge in [-0.2, -0.15) is 0 Å². The van der Waals surface area contributed by atoms with Gasteiger partial charge >= 0.3 is 0 Å². The van der Waals surface area contributed by atoms with Crippen molar-refractivity contribution >= 4 is 39.5 Å². The highest BCUT2D eigenvalue weighted by Gasteiger charge is 2.04. The van der Waals surface area contributed by atoms with Gasteiger partial charge in [0.2, 0.25) is 0 Å². The van der Waals surface area contributed by atoms with Crippen LogP contribution >= 0.6 is 39.5 Å². The summed E-state index contributed by atoms with van der Waals surface area (Å²) in [7, 11) is 0. The first-order valence-electron chi connectivity index (χ1n) is 6.16. The molecule has 0 unspecified atom stereocenters. The fourth-order valence-electron chi connectivity index (χ4n) is 1.58. The van der Waals surface area contributed by atoms with E-state index in [1.807, 2.05) is 54.6 Å². The highest BCUT2D eigenvalue weighted by molar-refractivity contribution is 9.10. The van der Waals surface area contributed by atoms with E-state index >= 15 is 0 Å². The Balaban J connectivity index is 1.77. The smallest absolute Gasteiger partial charge is 0.107 e. The standard InChI is InChI=1S/C15H10BrN3S2/c16-11-5-3-7-13(18-11)21-15-9-4-8-14(19-15)20-12-6-1-2-10-17-12/h1-10H. The number of nitrogens with zero attached hydrogens (tertiary/aromatic N) is 3. The van der Waals surface area contributed by atoms with Crippen molar-refractivity contribution in [1.82, 2.24) is 15.0 Å². The Morgan fingerprint density at radius 1 is 0.667 bits per heavy atom. The fraction of sp³-hybridized carbons (Fsp3) is 0.